The lowest BCUT2D eigenvalue weighted by Gasteiger charge is -2.17. The van der Waals surface area contributed by atoms with Crippen LogP contribution >= 0.6 is 11.3 Å². The highest BCUT2D eigenvalue weighted by Gasteiger charge is 2.18. The van der Waals surface area contributed by atoms with Gasteiger partial charge >= 0.3 is 0 Å². The van der Waals surface area contributed by atoms with Crippen LogP contribution in [0, 0.1) is 0 Å². The molecule has 1 aliphatic rings. The molecule has 0 bridgehead atoms. The maximum atomic E-state index is 5.43. The molecule has 6 nitrogen and oxygen atoms in total. The quantitative estimate of drug-likeness (QED) is 0.611. The first-order chi connectivity index (χ1) is 13.7. The number of hydrogen-bond acceptors (Lipinski definition) is 7. The van der Waals surface area contributed by atoms with Crippen molar-refractivity contribution in [3.8, 4) is 17.2 Å². The number of fused-ring (bicyclic) bond motifs is 1. The average molecular weight is 398 g/mol. The van der Waals surface area contributed by atoms with E-state index in [1.807, 2.05) is 24.3 Å². The molecule has 7 heteroatoms. The van der Waals surface area contributed by atoms with Gasteiger partial charge in [-0.15, -0.1) is 11.3 Å². The third-order valence-corrected chi connectivity index (χ3v) is 5.72. The highest BCUT2D eigenvalue weighted by atomic mass is 32.1. The summed E-state index contributed by atoms with van der Waals surface area (Å²) in [5.74, 6) is 3.56. The molecule has 0 radical (unpaired) electrons. The molecular formula is C21H23N3O3S. The number of anilines is 1. The number of aromatic nitrogens is 2. The predicted octanol–water partition coefficient (Wildman–Crippen LogP) is 4.49. The van der Waals surface area contributed by atoms with E-state index in [2.05, 4.69) is 16.3 Å². The molecule has 3 aromatic rings. The monoisotopic (exact) mass is 397 g/mol. The van der Waals surface area contributed by atoms with E-state index in [0.717, 1.165) is 34.7 Å². The second-order valence-electron chi connectivity index (χ2n) is 6.53. The standard InChI is InChI=1S/C21H23N3O3S/c1-25-16-12-14(13-17(26-2)19(16)27-3)6-7-18-22-15-8-11-28-20(15)21(23-18)24-9-4-5-10-24/h6-8,11-13H,4-5,9-10H2,1-3H3/b7-6+. The molecule has 0 aliphatic carbocycles. The zero-order valence-corrected chi connectivity index (χ0v) is 17.1. The third kappa shape index (κ3) is 3.49. The van der Waals surface area contributed by atoms with Crippen molar-refractivity contribution >= 4 is 39.5 Å². The van der Waals surface area contributed by atoms with Crippen molar-refractivity contribution in [3.63, 3.8) is 0 Å². The van der Waals surface area contributed by atoms with Crippen LogP contribution in [0.15, 0.2) is 23.6 Å². The Morgan fingerprint density at radius 2 is 1.68 bits per heavy atom. The van der Waals surface area contributed by atoms with Gasteiger partial charge in [-0.25, -0.2) is 9.97 Å². The molecule has 28 heavy (non-hydrogen) atoms. The van der Waals surface area contributed by atoms with Gasteiger partial charge in [0.25, 0.3) is 0 Å². The Balaban J connectivity index is 1.71. The summed E-state index contributed by atoms with van der Waals surface area (Å²) in [4.78, 5) is 11.9. The molecule has 4 rings (SSSR count). The van der Waals surface area contributed by atoms with Crippen LogP contribution in [0.5, 0.6) is 17.2 Å². The molecular weight excluding hydrogens is 374 g/mol. The fourth-order valence-electron chi connectivity index (χ4n) is 3.45. The number of nitrogens with zero attached hydrogens (tertiary/aromatic N) is 3. The SMILES string of the molecule is COc1cc(/C=C/c2nc(N3CCCC3)c3sccc3n2)cc(OC)c1OC. The zero-order chi connectivity index (χ0) is 19.5. The summed E-state index contributed by atoms with van der Waals surface area (Å²) in [6.45, 7) is 2.11. The van der Waals surface area contributed by atoms with Gasteiger partial charge < -0.3 is 19.1 Å². The van der Waals surface area contributed by atoms with Crippen LogP contribution in [-0.2, 0) is 0 Å². The minimum absolute atomic E-state index is 0.578. The van der Waals surface area contributed by atoms with Gasteiger partial charge in [0.05, 0.1) is 31.5 Å². The lowest BCUT2D eigenvalue weighted by Crippen LogP contribution is -2.19. The maximum Gasteiger partial charge on any atom is 0.203 e. The predicted molar refractivity (Wildman–Crippen MR) is 114 cm³/mol. The van der Waals surface area contributed by atoms with E-state index in [9.17, 15) is 0 Å². The molecule has 0 spiro atoms. The number of hydrogen-bond donors (Lipinski definition) is 0. The molecule has 1 aromatic carbocycles. The smallest absolute Gasteiger partial charge is 0.203 e. The average Bonchev–Trinajstić information content (AvgIpc) is 3.42. The minimum atomic E-state index is 0.578. The first-order valence-electron chi connectivity index (χ1n) is 9.21. The van der Waals surface area contributed by atoms with E-state index in [4.69, 9.17) is 24.2 Å². The topological polar surface area (TPSA) is 56.7 Å². The summed E-state index contributed by atoms with van der Waals surface area (Å²) >= 11 is 1.70. The molecule has 2 aromatic heterocycles. The van der Waals surface area contributed by atoms with Gasteiger partial charge in [-0.1, -0.05) is 6.08 Å². The van der Waals surface area contributed by atoms with E-state index in [1.165, 1.54) is 12.8 Å². The van der Waals surface area contributed by atoms with Crippen LogP contribution < -0.4 is 19.1 Å². The molecule has 0 saturated carbocycles. The van der Waals surface area contributed by atoms with Crippen LogP contribution in [0.1, 0.15) is 24.2 Å². The summed E-state index contributed by atoms with van der Waals surface area (Å²) in [6, 6.07) is 5.86. The van der Waals surface area contributed by atoms with Crippen molar-refractivity contribution in [2.75, 3.05) is 39.3 Å². The largest absolute Gasteiger partial charge is 0.493 e. The Hall–Kier alpha value is -2.80. The molecule has 3 heterocycles. The molecule has 0 amide bonds. The fraction of sp³-hybridized carbons (Fsp3) is 0.333. The molecule has 1 aliphatic heterocycles. The number of methoxy groups -OCH3 is 3. The van der Waals surface area contributed by atoms with E-state index < -0.39 is 0 Å². The fourth-order valence-corrected chi connectivity index (χ4v) is 4.30. The Labute approximate surface area is 168 Å². The van der Waals surface area contributed by atoms with Crippen molar-refractivity contribution < 1.29 is 14.2 Å². The second kappa shape index (κ2) is 8.06. The molecule has 1 saturated heterocycles. The summed E-state index contributed by atoms with van der Waals surface area (Å²) in [5, 5.41) is 2.08. The minimum Gasteiger partial charge on any atom is -0.493 e. The third-order valence-electron chi connectivity index (χ3n) is 4.82. The highest BCUT2D eigenvalue weighted by Crippen LogP contribution is 2.38. The van der Waals surface area contributed by atoms with Gasteiger partial charge in [0.1, 0.15) is 0 Å². The Bertz CT molecular complexity index is 984. The summed E-state index contributed by atoms with van der Waals surface area (Å²) < 4.78 is 17.4. The molecule has 146 valence electrons. The molecule has 1 fully saturated rings. The molecule has 0 atom stereocenters. The van der Waals surface area contributed by atoms with E-state index >= 15 is 0 Å². The number of rotatable bonds is 6. The zero-order valence-electron chi connectivity index (χ0n) is 16.3. The maximum absolute atomic E-state index is 5.43. The van der Waals surface area contributed by atoms with Crippen LogP contribution in [0.25, 0.3) is 22.4 Å². The van der Waals surface area contributed by atoms with Gasteiger partial charge in [0, 0.05) is 13.1 Å². The summed E-state index contributed by atoms with van der Waals surface area (Å²) in [5.41, 5.74) is 1.91. The molecule has 0 unspecified atom stereocenters. The van der Waals surface area contributed by atoms with Gasteiger partial charge in [0.2, 0.25) is 5.75 Å². The Morgan fingerprint density at radius 1 is 0.964 bits per heavy atom. The van der Waals surface area contributed by atoms with Gasteiger partial charge in [-0.3, -0.25) is 0 Å². The van der Waals surface area contributed by atoms with Crippen molar-refractivity contribution in [1.29, 1.82) is 0 Å². The van der Waals surface area contributed by atoms with E-state index in [0.29, 0.717) is 23.1 Å². The van der Waals surface area contributed by atoms with Crippen molar-refractivity contribution in [2.24, 2.45) is 0 Å². The number of thiophene rings is 1. The van der Waals surface area contributed by atoms with E-state index in [-0.39, 0.29) is 0 Å². The second-order valence-corrected chi connectivity index (χ2v) is 7.44. The van der Waals surface area contributed by atoms with Crippen molar-refractivity contribution in [2.45, 2.75) is 12.8 Å². The van der Waals surface area contributed by atoms with Crippen LogP contribution in [-0.4, -0.2) is 44.4 Å². The Morgan fingerprint density at radius 3 is 2.32 bits per heavy atom. The van der Waals surface area contributed by atoms with Crippen LogP contribution in [0.2, 0.25) is 0 Å². The summed E-state index contributed by atoms with van der Waals surface area (Å²) in [7, 11) is 4.82. The van der Waals surface area contributed by atoms with Gasteiger partial charge in [-0.05, 0) is 48.1 Å². The Kier molecular flexibility index (Phi) is 5.34. The van der Waals surface area contributed by atoms with Gasteiger partial charge in [-0.2, -0.15) is 0 Å². The lowest BCUT2D eigenvalue weighted by molar-refractivity contribution is 0.324. The lowest BCUT2D eigenvalue weighted by atomic mass is 10.1. The van der Waals surface area contributed by atoms with Gasteiger partial charge in [0.15, 0.2) is 23.1 Å². The van der Waals surface area contributed by atoms with Crippen molar-refractivity contribution in [3.05, 3.63) is 35.0 Å². The number of benzene rings is 1. The first-order valence-corrected chi connectivity index (χ1v) is 10.1. The van der Waals surface area contributed by atoms with E-state index in [1.54, 1.807) is 32.7 Å². The van der Waals surface area contributed by atoms with Crippen molar-refractivity contribution in [1.82, 2.24) is 9.97 Å². The first kappa shape index (κ1) is 18.6. The number of ether oxygens (including phenoxy) is 3. The normalized spacial score (nSPS) is 14.2. The summed E-state index contributed by atoms with van der Waals surface area (Å²) in [6.07, 6.45) is 6.32. The van der Waals surface area contributed by atoms with Crippen LogP contribution in [0.3, 0.4) is 0 Å². The highest BCUT2D eigenvalue weighted by molar-refractivity contribution is 7.17. The van der Waals surface area contributed by atoms with Crippen LogP contribution in [0.4, 0.5) is 5.82 Å². The molecule has 0 N–H and O–H groups in total.